The van der Waals surface area contributed by atoms with Gasteiger partial charge in [0.15, 0.2) is 12.2 Å². The van der Waals surface area contributed by atoms with Gasteiger partial charge in [-0.3, -0.25) is 37.3 Å². The number of carbonyl (C=O) groups is 4. The molecule has 0 saturated heterocycles. The third-order valence-corrected chi connectivity index (χ3v) is 18.3. The summed E-state index contributed by atoms with van der Waals surface area (Å²) >= 11 is 0. The molecule has 3 N–H and O–H groups in total. The molecule has 5 atom stereocenters. The highest BCUT2D eigenvalue weighted by Crippen LogP contribution is 2.45. The summed E-state index contributed by atoms with van der Waals surface area (Å²) < 4.78 is 68.5. The molecule has 0 aromatic rings. The molecule has 0 aromatic heterocycles. The van der Waals surface area contributed by atoms with Crippen molar-refractivity contribution in [1.82, 2.24) is 0 Å². The molecule has 0 fully saturated rings. The zero-order chi connectivity index (χ0) is 77.4. The molecule has 0 rings (SSSR count). The number of rotatable bonds is 75. The van der Waals surface area contributed by atoms with Crippen LogP contribution in [0.25, 0.3) is 0 Å². The predicted octanol–water partition coefficient (Wildman–Crippen LogP) is 24.0. The van der Waals surface area contributed by atoms with Crippen molar-refractivity contribution in [2.24, 2.45) is 0 Å². The lowest BCUT2D eigenvalue weighted by Crippen LogP contribution is -2.30. The highest BCUT2D eigenvalue weighted by molar-refractivity contribution is 7.47. The second-order valence-corrected chi connectivity index (χ2v) is 29.5. The van der Waals surface area contributed by atoms with Crippen molar-refractivity contribution in [3.63, 3.8) is 0 Å². The number of esters is 4. The van der Waals surface area contributed by atoms with Crippen LogP contribution in [0.15, 0.2) is 158 Å². The number of allylic oxidation sites excluding steroid dienone is 26. The molecule has 17 nitrogen and oxygen atoms in total. The average molecular weight is 1520 g/mol. The van der Waals surface area contributed by atoms with Gasteiger partial charge in [-0.15, -0.1) is 0 Å². The lowest BCUT2D eigenvalue weighted by Gasteiger charge is -2.21. The zero-order valence-corrected chi connectivity index (χ0v) is 67.8. The van der Waals surface area contributed by atoms with Crippen LogP contribution in [0, 0.1) is 0 Å². The first-order valence-corrected chi connectivity index (χ1v) is 43.7. The van der Waals surface area contributed by atoms with Gasteiger partial charge >= 0.3 is 39.5 Å². The molecule has 2 unspecified atom stereocenters. The van der Waals surface area contributed by atoms with E-state index in [9.17, 15) is 43.2 Å². The number of carbonyl (C=O) groups excluding carboxylic acids is 4. The van der Waals surface area contributed by atoms with Crippen molar-refractivity contribution in [2.45, 2.75) is 329 Å². The Balaban J connectivity index is 5.54. The van der Waals surface area contributed by atoms with Crippen LogP contribution in [0.1, 0.15) is 310 Å². The van der Waals surface area contributed by atoms with E-state index in [1.807, 2.05) is 36.5 Å². The van der Waals surface area contributed by atoms with Gasteiger partial charge in [0, 0.05) is 25.7 Å². The number of hydrogen-bond acceptors (Lipinski definition) is 15. The van der Waals surface area contributed by atoms with E-state index in [0.29, 0.717) is 44.9 Å². The Hall–Kier alpha value is -5.32. The number of phosphoric ester groups is 2. The molecule has 0 aliphatic heterocycles. The fourth-order valence-electron chi connectivity index (χ4n) is 10.2. The van der Waals surface area contributed by atoms with Crippen LogP contribution >= 0.6 is 15.6 Å². The SMILES string of the molecule is CCCCC/C=C\C/C=C\C/C=C\C/C=C\CCCC(=O)OC[C@H](COP(=O)(O)OC[C@@H](O)COP(=O)(O)OC[C@@H](COC(=O)CCCCCCC/C=C\CCCCCCCC)OC(=O)CCC/C=C\C/C=C\C/C=C\C/C=C\CCCCC)OC(=O)CCC/C=C\C/C=C\C/C=C\C/C=C\CCCCC. The Labute approximate surface area is 642 Å². The van der Waals surface area contributed by atoms with E-state index >= 15 is 0 Å². The van der Waals surface area contributed by atoms with Crippen molar-refractivity contribution in [1.29, 1.82) is 0 Å². The lowest BCUT2D eigenvalue weighted by molar-refractivity contribution is -0.161. The van der Waals surface area contributed by atoms with Crippen LogP contribution in [-0.2, 0) is 65.4 Å². The zero-order valence-electron chi connectivity index (χ0n) is 66.1. The second-order valence-electron chi connectivity index (χ2n) is 26.6. The number of phosphoric acid groups is 2. The quantitative estimate of drug-likeness (QED) is 0.0169. The minimum Gasteiger partial charge on any atom is -0.462 e. The van der Waals surface area contributed by atoms with Crippen LogP contribution in [-0.4, -0.2) is 96.7 Å². The highest BCUT2D eigenvalue weighted by atomic mass is 31.2. The van der Waals surface area contributed by atoms with Gasteiger partial charge < -0.3 is 33.8 Å². The molecule has 0 aliphatic carbocycles. The standard InChI is InChI=1S/C87H144O17P2/c1-5-9-13-17-21-25-29-33-37-40-44-48-52-56-60-64-68-72-85(90)98-78-83(104-87(92)74-70-66-62-58-54-50-46-42-39-35-31-27-23-19-15-11-7-3)80-102-106(95,96)100-76-81(88)75-99-105(93,94)101-79-82(77-97-84(89)71-67-63-59-55-51-47-43-36-32-28-24-20-16-12-8-4)103-86(91)73-69-65-61-57-53-49-45-41-38-34-30-26-22-18-14-10-6-2/h21-23,25-27,33-39,43-46,48-50,56-58,60-62,81-83,88H,5-20,24,28-32,40-42,47,51-55,59,63-80H2,1-4H3,(H,93,94)(H,95,96)/b25-21-,26-22-,27-23-,37-33-,38-34-,39-35-,43-36-,48-44-,49-45-,50-46-,60-56-,61-57-,62-58-/t81-,82+,83+/m0/s1. The van der Waals surface area contributed by atoms with E-state index < -0.39 is 97.5 Å². The first-order chi connectivity index (χ1) is 51.7. The first-order valence-electron chi connectivity index (χ1n) is 40.7. The monoisotopic (exact) mass is 1520 g/mol. The summed E-state index contributed by atoms with van der Waals surface area (Å²) in [7, 11) is -10.0. The second kappa shape index (κ2) is 77.8. The number of ether oxygens (including phenoxy) is 4. The molecule has 604 valence electrons. The highest BCUT2D eigenvalue weighted by Gasteiger charge is 2.30. The van der Waals surface area contributed by atoms with E-state index in [-0.39, 0.29) is 25.7 Å². The Morgan fingerprint density at radius 1 is 0.264 bits per heavy atom. The van der Waals surface area contributed by atoms with Crippen molar-refractivity contribution >= 4 is 39.5 Å². The largest absolute Gasteiger partial charge is 0.472 e. The van der Waals surface area contributed by atoms with Gasteiger partial charge in [-0.2, -0.15) is 0 Å². The minimum absolute atomic E-state index is 0.000806. The maximum absolute atomic E-state index is 13.1. The Morgan fingerprint density at radius 2 is 0.472 bits per heavy atom. The molecule has 0 heterocycles. The Kier molecular flexibility index (Phi) is 73.9. The maximum atomic E-state index is 13.1. The lowest BCUT2D eigenvalue weighted by atomic mass is 10.1. The molecule has 0 bridgehead atoms. The van der Waals surface area contributed by atoms with E-state index in [1.165, 1.54) is 96.3 Å². The van der Waals surface area contributed by atoms with Crippen molar-refractivity contribution in [3.05, 3.63) is 158 Å². The van der Waals surface area contributed by atoms with Crippen LogP contribution in [0.5, 0.6) is 0 Å². The van der Waals surface area contributed by atoms with Gasteiger partial charge in [-0.05, 0) is 167 Å². The summed E-state index contributed by atoms with van der Waals surface area (Å²) in [4.78, 5) is 73.0. The van der Waals surface area contributed by atoms with Gasteiger partial charge in [0.25, 0.3) is 0 Å². The van der Waals surface area contributed by atoms with Crippen LogP contribution in [0.3, 0.4) is 0 Å². The molecule has 0 aromatic carbocycles. The number of aliphatic hydroxyl groups is 1. The smallest absolute Gasteiger partial charge is 0.462 e. The molecule has 106 heavy (non-hydrogen) atoms. The third-order valence-electron chi connectivity index (χ3n) is 16.4. The molecular formula is C87H144O17P2. The molecular weight excluding hydrogens is 1380 g/mol. The summed E-state index contributed by atoms with van der Waals surface area (Å²) in [5.41, 5.74) is 0. The van der Waals surface area contributed by atoms with E-state index in [2.05, 4.69) is 149 Å². The number of unbranched alkanes of at least 4 members (excludes halogenated alkanes) is 23. The predicted molar refractivity (Wildman–Crippen MR) is 436 cm³/mol. The third kappa shape index (κ3) is 76.9. The first kappa shape index (κ1) is 101. The number of hydrogen-bond donors (Lipinski definition) is 3. The molecule has 0 radical (unpaired) electrons. The molecule has 0 saturated carbocycles. The van der Waals surface area contributed by atoms with Gasteiger partial charge in [0.05, 0.1) is 26.4 Å². The normalized spacial score (nSPS) is 14.7. The van der Waals surface area contributed by atoms with E-state index in [1.54, 1.807) is 0 Å². The van der Waals surface area contributed by atoms with Crippen LogP contribution in [0.2, 0.25) is 0 Å². The van der Waals surface area contributed by atoms with Crippen LogP contribution in [0.4, 0.5) is 0 Å². The fraction of sp³-hybridized carbons (Fsp3) is 0.655. The van der Waals surface area contributed by atoms with Crippen molar-refractivity contribution in [3.8, 4) is 0 Å². The van der Waals surface area contributed by atoms with E-state index in [4.69, 9.17) is 37.0 Å². The molecule has 0 aliphatic rings. The maximum Gasteiger partial charge on any atom is 0.472 e. The van der Waals surface area contributed by atoms with Gasteiger partial charge in [0.2, 0.25) is 0 Å². The summed E-state index contributed by atoms with van der Waals surface area (Å²) in [6.07, 6.45) is 91.0. The fourth-order valence-corrected chi connectivity index (χ4v) is 11.8. The number of aliphatic hydroxyl groups excluding tert-OH is 1. The Bertz CT molecular complexity index is 2630. The van der Waals surface area contributed by atoms with Crippen LogP contribution < -0.4 is 0 Å². The summed E-state index contributed by atoms with van der Waals surface area (Å²) in [5.74, 6) is -2.39. The Morgan fingerprint density at radius 3 is 0.774 bits per heavy atom. The van der Waals surface area contributed by atoms with Gasteiger partial charge in [-0.1, -0.05) is 276 Å². The molecule has 19 heteroatoms. The molecule has 0 amide bonds. The summed E-state index contributed by atoms with van der Waals surface area (Å²) in [6.45, 7) is 4.58. The van der Waals surface area contributed by atoms with Crippen molar-refractivity contribution in [2.75, 3.05) is 39.6 Å². The molecule has 0 spiro atoms. The minimum atomic E-state index is -5.02. The topological polar surface area (TPSA) is 237 Å². The summed E-state index contributed by atoms with van der Waals surface area (Å²) in [5, 5.41) is 10.6. The van der Waals surface area contributed by atoms with E-state index in [0.717, 1.165) is 116 Å². The van der Waals surface area contributed by atoms with Gasteiger partial charge in [0.1, 0.15) is 19.3 Å². The average Bonchev–Trinajstić information content (AvgIpc) is 0.905. The van der Waals surface area contributed by atoms with Gasteiger partial charge in [-0.25, -0.2) is 9.13 Å². The summed E-state index contributed by atoms with van der Waals surface area (Å²) in [6, 6.07) is 0. The van der Waals surface area contributed by atoms with Crippen molar-refractivity contribution < 1.29 is 80.2 Å².